The number of halogens is 3. The van der Waals surface area contributed by atoms with Crippen molar-refractivity contribution in [3.63, 3.8) is 0 Å². The zero-order chi connectivity index (χ0) is 17.8. The second-order valence-electron chi connectivity index (χ2n) is 6.57. The molecule has 0 aromatic heterocycles. The molecule has 0 aliphatic rings. The van der Waals surface area contributed by atoms with Gasteiger partial charge in [-0.15, -0.1) is 0 Å². The molecule has 0 heterocycles. The van der Waals surface area contributed by atoms with Gasteiger partial charge in [0.05, 0.1) is 11.1 Å². The third kappa shape index (κ3) is 5.23. The quantitative estimate of drug-likeness (QED) is 0.840. The summed E-state index contributed by atoms with van der Waals surface area (Å²) in [6.07, 6.45) is -4.13. The number of benzene rings is 1. The van der Waals surface area contributed by atoms with E-state index >= 15 is 0 Å². The average Bonchev–Trinajstić information content (AvgIpc) is 2.46. The molecule has 1 aromatic carbocycles. The molecule has 23 heavy (non-hydrogen) atoms. The number of amides is 1. The SMILES string of the molecule is CC(Cc1cccc(C(F)(F)F)c1)C(=O)NC(C)(CN)C(C)C. The van der Waals surface area contributed by atoms with Gasteiger partial charge in [-0.2, -0.15) is 13.2 Å². The largest absolute Gasteiger partial charge is 0.416 e. The van der Waals surface area contributed by atoms with E-state index in [-0.39, 0.29) is 18.2 Å². The van der Waals surface area contributed by atoms with Gasteiger partial charge in [-0.3, -0.25) is 4.79 Å². The number of carbonyl (C=O) groups is 1. The minimum atomic E-state index is -4.38. The number of hydrogen-bond donors (Lipinski definition) is 2. The highest BCUT2D eigenvalue weighted by Gasteiger charge is 2.32. The van der Waals surface area contributed by atoms with E-state index in [4.69, 9.17) is 5.73 Å². The Morgan fingerprint density at radius 2 is 1.87 bits per heavy atom. The first-order chi connectivity index (χ1) is 10.5. The molecule has 0 aliphatic carbocycles. The van der Waals surface area contributed by atoms with E-state index in [0.29, 0.717) is 12.1 Å². The van der Waals surface area contributed by atoms with Crippen LogP contribution in [0.15, 0.2) is 24.3 Å². The minimum Gasteiger partial charge on any atom is -0.349 e. The van der Waals surface area contributed by atoms with Crippen LogP contribution in [0.5, 0.6) is 0 Å². The first kappa shape index (κ1) is 19.5. The molecule has 1 aromatic rings. The minimum absolute atomic E-state index is 0.150. The predicted molar refractivity (Wildman–Crippen MR) is 84.8 cm³/mol. The number of nitrogens with one attached hydrogen (secondary N) is 1. The van der Waals surface area contributed by atoms with Gasteiger partial charge in [0, 0.05) is 12.5 Å². The Kier molecular flexibility index (Phi) is 6.22. The fraction of sp³-hybridized carbons (Fsp3) is 0.588. The van der Waals surface area contributed by atoms with Gasteiger partial charge < -0.3 is 11.1 Å². The zero-order valence-corrected chi connectivity index (χ0v) is 14.0. The number of hydrogen-bond acceptors (Lipinski definition) is 2. The molecule has 0 bridgehead atoms. The summed E-state index contributed by atoms with van der Waals surface area (Å²) in [7, 11) is 0. The van der Waals surface area contributed by atoms with E-state index in [1.807, 2.05) is 20.8 Å². The maximum absolute atomic E-state index is 12.7. The number of carbonyl (C=O) groups excluding carboxylic acids is 1. The summed E-state index contributed by atoms with van der Waals surface area (Å²) in [5.74, 6) is -0.496. The van der Waals surface area contributed by atoms with Gasteiger partial charge in [0.2, 0.25) is 5.91 Å². The van der Waals surface area contributed by atoms with Crippen molar-refractivity contribution >= 4 is 5.91 Å². The highest BCUT2D eigenvalue weighted by molar-refractivity contribution is 5.79. The molecule has 2 atom stereocenters. The first-order valence-corrected chi connectivity index (χ1v) is 7.68. The zero-order valence-electron chi connectivity index (χ0n) is 14.0. The maximum Gasteiger partial charge on any atom is 0.416 e. The lowest BCUT2D eigenvalue weighted by Gasteiger charge is -2.34. The summed E-state index contributed by atoms with van der Waals surface area (Å²) < 4.78 is 38.2. The Hall–Kier alpha value is -1.56. The first-order valence-electron chi connectivity index (χ1n) is 7.68. The van der Waals surface area contributed by atoms with E-state index in [1.54, 1.807) is 13.0 Å². The average molecular weight is 330 g/mol. The topological polar surface area (TPSA) is 55.1 Å². The molecule has 6 heteroatoms. The molecule has 1 amide bonds. The molecule has 0 fully saturated rings. The Labute approximate surface area is 135 Å². The van der Waals surface area contributed by atoms with Crippen molar-refractivity contribution in [2.45, 2.75) is 45.8 Å². The monoisotopic (exact) mass is 330 g/mol. The van der Waals surface area contributed by atoms with Crippen LogP contribution in [-0.2, 0) is 17.4 Å². The highest BCUT2D eigenvalue weighted by Crippen LogP contribution is 2.30. The summed E-state index contributed by atoms with van der Waals surface area (Å²) in [4.78, 5) is 12.3. The van der Waals surface area contributed by atoms with Gasteiger partial charge >= 0.3 is 6.18 Å². The van der Waals surface area contributed by atoms with Crippen LogP contribution in [0.1, 0.15) is 38.8 Å². The number of nitrogens with two attached hydrogens (primary N) is 1. The summed E-state index contributed by atoms with van der Waals surface area (Å²) in [5.41, 5.74) is 5.00. The molecule has 0 saturated carbocycles. The smallest absolute Gasteiger partial charge is 0.349 e. The van der Waals surface area contributed by atoms with Gasteiger partial charge in [0.1, 0.15) is 0 Å². The highest BCUT2D eigenvalue weighted by atomic mass is 19.4. The standard InChI is InChI=1S/C17H25F3N2O/c1-11(2)16(4,10-21)22-15(23)12(3)8-13-6-5-7-14(9-13)17(18,19)20/h5-7,9,11-12H,8,10,21H2,1-4H3,(H,22,23). The van der Waals surface area contributed by atoms with Crippen LogP contribution in [0.25, 0.3) is 0 Å². The molecule has 3 N–H and O–H groups in total. The molecule has 0 saturated heterocycles. The lowest BCUT2D eigenvalue weighted by molar-refractivity contribution is -0.137. The third-order valence-corrected chi connectivity index (χ3v) is 4.35. The van der Waals surface area contributed by atoms with Crippen LogP contribution in [-0.4, -0.2) is 18.0 Å². The maximum atomic E-state index is 12.7. The van der Waals surface area contributed by atoms with Crippen LogP contribution < -0.4 is 11.1 Å². The molecule has 0 radical (unpaired) electrons. The summed E-state index contributed by atoms with van der Waals surface area (Å²) >= 11 is 0. The molecule has 0 spiro atoms. The van der Waals surface area contributed by atoms with Gasteiger partial charge in [0.25, 0.3) is 0 Å². The second kappa shape index (κ2) is 7.34. The molecular formula is C17H25F3N2O. The van der Waals surface area contributed by atoms with E-state index in [2.05, 4.69) is 5.32 Å². The molecule has 2 unspecified atom stereocenters. The predicted octanol–water partition coefficient (Wildman–Crippen LogP) is 3.37. The Balaban J connectivity index is 2.80. The van der Waals surface area contributed by atoms with Crippen molar-refractivity contribution in [1.82, 2.24) is 5.32 Å². The van der Waals surface area contributed by atoms with Crippen molar-refractivity contribution in [2.24, 2.45) is 17.6 Å². The van der Waals surface area contributed by atoms with Crippen molar-refractivity contribution < 1.29 is 18.0 Å². The van der Waals surface area contributed by atoms with Crippen molar-refractivity contribution in [3.05, 3.63) is 35.4 Å². The van der Waals surface area contributed by atoms with Gasteiger partial charge in [0.15, 0.2) is 0 Å². The molecular weight excluding hydrogens is 305 g/mol. The normalized spacial score (nSPS) is 16.0. The van der Waals surface area contributed by atoms with Crippen LogP contribution in [0.2, 0.25) is 0 Å². The van der Waals surface area contributed by atoms with Gasteiger partial charge in [-0.05, 0) is 30.9 Å². The fourth-order valence-corrected chi connectivity index (χ4v) is 2.16. The lowest BCUT2D eigenvalue weighted by atomic mass is 9.87. The van der Waals surface area contributed by atoms with E-state index < -0.39 is 23.2 Å². The van der Waals surface area contributed by atoms with Crippen molar-refractivity contribution in [3.8, 4) is 0 Å². The number of rotatable bonds is 6. The lowest BCUT2D eigenvalue weighted by Crippen LogP contribution is -2.56. The van der Waals surface area contributed by atoms with Crippen LogP contribution in [0.4, 0.5) is 13.2 Å². The van der Waals surface area contributed by atoms with Gasteiger partial charge in [-0.1, -0.05) is 39.0 Å². The fourth-order valence-electron chi connectivity index (χ4n) is 2.16. The van der Waals surface area contributed by atoms with Crippen LogP contribution in [0.3, 0.4) is 0 Å². The van der Waals surface area contributed by atoms with Crippen LogP contribution in [0, 0.1) is 11.8 Å². The third-order valence-electron chi connectivity index (χ3n) is 4.35. The summed E-state index contributed by atoms with van der Waals surface area (Å²) in [5, 5.41) is 2.92. The Bertz CT molecular complexity index is 543. The molecule has 1 rings (SSSR count). The second-order valence-corrected chi connectivity index (χ2v) is 6.57. The Morgan fingerprint density at radius 1 is 1.26 bits per heavy atom. The summed E-state index contributed by atoms with van der Waals surface area (Å²) in [6.45, 7) is 7.79. The van der Waals surface area contributed by atoms with Gasteiger partial charge in [-0.25, -0.2) is 0 Å². The Morgan fingerprint density at radius 3 is 2.35 bits per heavy atom. The van der Waals surface area contributed by atoms with Crippen molar-refractivity contribution in [1.29, 1.82) is 0 Å². The van der Waals surface area contributed by atoms with E-state index in [9.17, 15) is 18.0 Å². The molecule has 0 aliphatic heterocycles. The molecule has 3 nitrogen and oxygen atoms in total. The van der Waals surface area contributed by atoms with E-state index in [1.165, 1.54) is 6.07 Å². The van der Waals surface area contributed by atoms with Crippen LogP contribution >= 0.6 is 0 Å². The van der Waals surface area contributed by atoms with E-state index in [0.717, 1.165) is 12.1 Å². The molecule has 130 valence electrons. The summed E-state index contributed by atoms with van der Waals surface area (Å²) in [6, 6.07) is 5.08. The van der Waals surface area contributed by atoms with Crippen molar-refractivity contribution in [2.75, 3.05) is 6.54 Å². The number of alkyl halides is 3.